The lowest BCUT2D eigenvalue weighted by atomic mass is 10.0. The SMILES string of the molecule is O=C(OCC(F)(F)C(F)(F)COC(=O)c1ccc(-c2ccccc2)cc1)c1ccc(-c2ccccc2)cc1. The van der Waals surface area contributed by atoms with E-state index >= 15 is 0 Å². The van der Waals surface area contributed by atoms with Gasteiger partial charge in [0.1, 0.15) is 0 Å². The molecule has 0 atom stereocenters. The number of esters is 2. The van der Waals surface area contributed by atoms with Gasteiger partial charge < -0.3 is 9.47 Å². The maximum Gasteiger partial charge on any atom is 0.346 e. The summed E-state index contributed by atoms with van der Waals surface area (Å²) < 4.78 is 65.9. The molecule has 8 heteroatoms. The molecule has 0 aliphatic heterocycles. The summed E-state index contributed by atoms with van der Waals surface area (Å²) in [6.07, 6.45) is 0. The van der Waals surface area contributed by atoms with E-state index in [1.165, 1.54) is 24.3 Å². The molecule has 4 nitrogen and oxygen atoms in total. The van der Waals surface area contributed by atoms with E-state index in [-0.39, 0.29) is 11.1 Å². The van der Waals surface area contributed by atoms with Gasteiger partial charge in [0.05, 0.1) is 11.1 Å². The Labute approximate surface area is 216 Å². The molecular formula is C30H22F4O4. The van der Waals surface area contributed by atoms with Gasteiger partial charge in [0.25, 0.3) is 0 Å². The quantitative estimate of drug-likeness (QED) is 0.171. The average molecular weight is 522 g/mol. The lowest BCUT2D eigenvalue weighted by molar-refractivity contribution is -0.239. The van der Waals surface area contributed by atoms with E-state index in [1.54, 1.807) is 24.3 Å². The first-order valence-electron chi connectivity index (χ1n) is 11.6. The third-order valence-electron chi connectivity index (χ3n) is 5.76. The molecule has 0 heterocycles. The first-order chi connectivity index (χ1) is 18.2. The number of ether oxygens (including phenoxy) is 2. The van der Waals surface area contributed by atoms with E-state index in [9.17, 15) is 27.2 Å². The summed E-state index contributed by atoms with van der Waals surface area (Å²) in [5, 5.41) is 0. The molecular weight excluding hydrogens is 500 g/mol. The average Bonchev–Trinajstić information content (AvgIpc) is 2.95. The van der Waals surface area contributed by atoms with Crippen LogP contribution in [0.15, 0.2) is 109 Å². The number of alkyl halides is 4. The van der Waals surface area contributed by atoms with Crippen molar-refractivity contribution in [3.63, 3.8) is 0 Å². The van der Waals surface area contributed by atoms with Gasteiger partial charge in [0.15, 0.2) is 13.2 Å². The van der Waals surface area contributed by atoms with E-state index < -0.39 is 37.0 Å². The summed E-state index contributed by atoms with van der Waals surface area (Å²) in [5.41, 5.74) is 3.15. The van der Waals surface area contributed by atoms with Gasteiger partial charge in [-0.2, -0.15) is 17.6 Å². The van der Waals surface area contributed by atoms with Crippen molar-refractivity contribution in [3.8, 4) is 22.3 Å². The Kier molecular flexibility index (Phi) is 7.90. The van der Waals surface area contributed by atoms with Gasteiger partial charge in [-0.15, -0.1) is 0 Å². The number of rotatable bonds is 9. The molecule has 0 amide bonds. The highest BCUT2D eigenvalue weighted by Gasteiger charge is 2.58. The summed E-state index contributed by atoms with van der Waals surface area (Å²) in [7, 11) is 0. The Balaban J connectivity index is 1.31. The van der Waals surface area contributed by atoms with Crippen LogP contribution in [0.25, 0.3) is 22.3 Å². The summed E-state index contributed by atoms with van der Waals surface area (Å²) >= 11 is 0. The number of carbonyl (C=O) groups excluding carboxylic acids is 2. The molecule has 0 radical (unpaired) electrons. The molecule has 0 saturated heterocycles. The zero-order valence-electron chi connectivity index (χ0n) is 20.0. The molecule has 0 bridgehead atoms. The van der Waals surface area contributed by atoms with Gasteiger partial charge in [0.2, 0.25) is 0 Å². The highest BCUT2D eigenvalue weighted by atomic mass is 19.3. The zero-order chi connectivity index (χ0) is 27.2. The van der Waals surface area contributed by atoms with Crippen molar-refractivity contribution >= 4 is 11.9 Å². The minimum absolute atomic E-state index is 0.0748. The van der Waals surface area contributed by atoms with Gasteiger partial charge >= 0.3 is 23.8 Å². The molecule has 0 fully saturated rings. The maximum atomic E-state index is 14.2. The second-order valence-electron chi connectivity index (χ2n) is 8.45. The molecule has 194 valence electrons. The summed E-state index contributed by atoms with van der Waals surface area (Å²) in [6, 6.07) is 30.2. The summed E-state index contributed by atoms with van der Waals surface area (Å²) in [6.45, 7) is -3.77. The Hall–Kier alpha value is -4.46. The van der Waals surface area contributed by atoms with Crippen LogP contribution >= 0.6 is 0 Å². The molecule has 0 unspecified atom stereocenters. The maximum absolute atomic E-state index is 14.2. The number of hydrogen-bond acceptors (Lipinski definition) is 4. The molecule has 0 aromatic heterocycles. The predicted octanol–water partition coefficient (Wildman–Crippen LogP) is 7.31. The molecule has 4 aromatic carbocycles. The van der Waals surface area contributed by atoms with E-state index in [0.717, 1.165) is 22.3 Å². The monoisotopic (exact) mass is 522 g/mol. The minimum atomic E-state index is -4.77. The minimum Gasteiger partial charge on any atom is -0.455 e. The van der Waals surface area contributed by atoms with Crippen molar-refractivity contribution in [1.29, 1.82) is 0 Å². The molecule has 0 saturated carbocycles. The smallest absolute Gasteiger partial charge is 0.346 e. The van der Waals surface area contributed by atoms with E-state index in [0.29, 0.717) is 0 Å². The zero-order valence-corrected chi connectivity index (χ0v) is 20.0. The highest BCUT2D eigenvalue weighted by Crippen LogP contribution is 2.35. The lowest BCUT2D eigenvalue weighted by Crippen LogP contribution is -2.48. The molecule has 0 spiro atoms. The third kappa shape index (κ3) is 6.26. The van der Waals surface area contributed by atoms with Gasteiger partial charge in [-0.3, -0.25) is 0 Å². The Morgan fingerprint density at radius 3 is 1.08 bits per heavy atom. The first kappa shape index (κ1) is 26.6. The lowest BCUT2D eigenvalue weighted by Gasteiger charge is -2.25. The Bertz CT molecular complexity index is 1260. The van der Waals surface area contributed by atoms with Gasteiger partial charge in [-0.25, -0.2) is 9.59 Å². The van der Waals surface area contributed by atoms with Crippen molar-refractivity contribution in [2.45, 2.75) is 11.8 Å². The molecule has 0 N–H and O–H groups in total. The fraction of sp³-hybridized carbons (Fsp3) is 0.133. The Morgan fingerprint density at radius 2 is 0.763 bits per heavy atom. The van der Waals surface area contributed by atoms with Crippen LogP contribution < -0.4 is 0 Å². The number of hydrogen-bond donors (Lipinski definition) is 0. The number of benzene rings is 4. The molecule has 0 aliphatic carbocycles. The van der Waals surface area contributed by atoms with Gasteiger partial charge in [0, 0.05) is 0 Å². The molecule has 4 aromatic rings. The van der Waals surface area contributed by atoms with Crippen LogP contribution in [0.4, 0.5) is 17.6 Å². The second-order valence-corrected chi connectivity index (χ2v) is 8.45. The van der Waals surface area contributed by atoms with Crippen LogP contribution in [-0.4, -0.2) is 37.0 Å². The topological polar surface area (TPSA) is 52.6 Å². The molecule has 0 aliphatic rings. The summed E-state index contributed by atoms with van der Waals surface area (Å²) in [4.78, 5) is 24.3. The van der Waals surface area contributed by atoms with Crippen LogP contribution in [0.5, 0.6) is 0 Å². The van der Waals surface area contributed by atoms with E-state index in [1.807, 2.05) is 60.7 Å². The predicted molar refractivity (Wildman–Crippen MR) is 134 cm³/mol. The normalized spacial score (nSPS) is 11.6. The largest absolute Gasteiger partial charge is 0.455 e. The second kappa shape index (κ2) is 11.3. The fourth-order valence-corrected chi connectivity index (χ4v) is 3.55. The Morgan fingerprint density at radius 1 is 0.474 bits per heavy atom. The third-order valence-corrected chi connectivity index (χ3v) is 5.76. The fourth-order valence-electron chi connectivity index (χ4n) is 3.55. The molecule has 38 heavy (non-hydrogen) atoms. The van der Waals surface area contributed by atoms with E-state index in [4.69, 9.17) is 0 Å². The van der Waals surface area contributed by atoms with Crippen LogP contribution in [0, 0.1) is 0 Å². The van der Waals surface area contributed by atoms with Crippen molar-refractivity contribution in [2.24, 2.45) is 0 Å². The van der Waals surface area contributed by atoms with Gasteiger partial charge in [-0.05, 0) is 46.5 Å². The molecule has 4 rings (SSSR count). The van der Waals surface area contributed by atoms with Crippen molar-refractivity contribution in [1.82, 2.24) is 0 Å². The van der Waals surface area contributed by atoms with Crippen LogP contribution in [0.1, 0.15) is 20.7 Å². The summed E-state index contributed by atoms with van der Waals surface area (Å²) in [5.74, 6) is -11.9. The number of carbonyl (C=O) groups is 2. The van der Waals surface area contributed by atoms with Crippen LogP contribution in [-0.2, 0) is 9.47 Å². The van der Waals surface area contributed by atoms with Crippen LogP contribution in [0.3, 0.4) is 0 Å². The van der Waals surface area contributed by atoms with Gasteiger partial charge in [-0.1, -0.05) is 84.9 Å². The van der Waals surface area contributed by atoms with Crippen LogP contribution in [0.2, 0.25) is 0 Å². The number of halogens is 4. The highest BCUT2D eigenvalue weighted by molar-refractivity contribution is 5.90. The first-order valence-corrected chi connectivity index (χ1v) is 11.6. The van der Waals surface area contributed by atoms with Crippen molar-refractivity contribution < 1.29 is 36.6 Å². The standard InChI is InChI=1S/C30H22F4O4/c31-29(32,19-37-27(35)25-15-11-23(12-16-25)21-7-3-1-4-8-21)30(33,34)20-38-28(36)26-17-13-24(14-18-26)22-9-5-2-6-10-22/h1-18H,19-20H2. The van der Waals surface area contributed by atoms with Crippen molar-refractivity contribution in [3.05, 3.63) is 120 Å². The van der Waals surface area contributed by atoms with E-state index in [2.05, 4.69) is 9.47 Å². The van der Waals surface area contributed by atoms with Crippen molar-refractivity contribution in [2.75, 3.05) is 13.2 Å².